The van der Waals surface area contributed by atoms with Gasteiger partial charge in [-0.15, -0.1) is 0 Å². The molecule has 7 heteroatoms. The first kappa shape index (κ1) is 15.1. The van der Waals surface area contributed by atoms with Gasteiger partial charge in [0.25, 0.3) is 0 Å². The van der Waals surface area contributed by atoms with Crippen LogP contribution in [0.3, 0.4) is 0 Å². The topological polar surface area (TPSA) is 95.0 Å². The predicted molar refractivity (Wildman–Crippen MR) is 65.1 cm³/mol. The lowest BCUT2D eigenvalue weighted by molar-refractivity contribution is -0.150. The Morgan fingerprint density at radius 1 is 1.32 bits per heavy atom. The SMILES string of the molecule is CCC(C(=O)O)N(C)C(=O)CCN1C(=O)CCC1=O. The van der Waals surface area contributed by atoms with Gasteiger partial charge >= 0.3 is 5.97 Å². The molecule has 0 bridgehead atoms. The van der Waals surface area contributed by atoms with Crippen LogP contribution in [0.2, 0.25) is 0 Å². The molecule has 0 spiro atoms. The van der Waals surface area contributed by atoms with Crippen molar-refractivity contribution in [1.82, 2.24) is 9.80 Å². The number of likely N-dealkylation sites (N-methyl/N-ethyl adjacent to an activating group) is 1. The van der Waals surface area contributed by atoms with E-state index in [-0.39, 0.29) is 43.5 Å². The highest BCUT2D eigenvalue weighted by molar-refractivity contribution is 6.02. The van der Waals surface area contributed by atoms with Gasteiger partial charge in [-0.2, -0.15) is 0 Å². The number of hydrogen-bond donors (Lipinski definition) is 1. The molecule has 1 rings (SSSR count). The van der Waals surface area contributed by atoms with E-state index in [1.807, 2.05) is 0 Å². The zero-order chi connectivity index (χ0) is 14.6. The Hall–Kier alpha value is -1.92. The molecule has 1 N–H and O–H groups in total. The van der Waals surface area contributed by atoms with E-state index in [1.165, 1.54) is 7.05 Å². The van der Waals surface area contributed by atoms with Crippen LogP contribution in [-0.4, -0.2) is 58.2 Å². The van der Waals surface area contributed by atoms with Crippen LogP contribution in [0.1, 0.15) is 32.6 Å². The van der Waals surface area contributed by atoms with E-state index in [9.17, 15) is 19.2 Å². The number of carbonyl (C=O) groups is 4. The summed E-state index contributed by atoms with van der Waals surface area (Å²) in [7, 11) is 1.41. The first-order chi connectivity index (χ1) is 8.88. The van der Waals surface area contributed by atoms with E-state index in [1.54, 1.807) is 6.92 Å². The molecule has 0 radical (unpaired) electrons. The fourth-order valence-corrected chi connectivity index (χ4v) is 2.04. The van der Waals surface area contributed by atoms with Gasteiger partial charge in [0, 0.05) is 32.9 Å². The summed E-state index contributed by atoms with van der Waals surface area (Å²) in [5.74, 6) is -2.00. The lowest BCUT2D eigenvalue weighted by Gasteiger charge is -2.24. The molecule has 1 unspecified atom stereocenters. The minimum atomic E-state index is -1.06. The molecular formula is C12H18N2O5. The largest absolute Gasteiger partial charge is 0.480 e. The van der Waals surface area contributed by atoms with Crippen LogP contribution in [0.15, 0.2) is 0 Å². The quantitative estimate of drug-likeness (QED) is 0.677. The Kier molecular flexibility index (Phi) is 5.02. The molecule has 1 fully saturated rings. The number of carboxylic acid groups (broad SMARTS) is 1. The molecule has 3 amide bonds. The van der Waals surface area contributed by atoms with Gasteiger partial charge in [0.1, 0.15) is 6.04 Å². The fraction of sp³-hybridized carbons (Fsp3) is 0.667. The predicted octanol–water partition coefficient (Wildman–Crippen LogP) is -0.153. The number of aliphatic carboxylic acids is 1. The molecule has 7 nitrogen and oxygen atoms in total. The van der Waals surface area contributed by atoms with Crippen molar-refractivity contribution in [3.05, 3.63) is 0 Å². The monoisotopic (exact) mass is 270 g/mol. The van der Waals surface area contributed by atoms with Crippen molar-refractivity contribution in [2.45, 2.75) is 38.6 Å². The van der Waals surface area contributed by atoms with Crippen molar-refractivity contribution >= 4 is 23.7 Å². The van der Waals surface area contributed by atoms with Gasteiger partial charge in [-0.05, 0) is 6.42 Å². The number of rotatable bonds is 6. The zero-order valence-corrected chi connectivity index (χ0v) is 11.1. The van der Waals surface area contributed by atoms with E-state index in [4.69, 9.17) is 5.11 Å². The third-order valence-electron chi connectivity index (χ3n) is 3.24. The lowest BCUT2D eigenvalue weighted by atomic mass is 10.2. The molecule has 1 saturated heterocycles. The summed E-state index contributed by atoms with van der Waals surface area (Å²) in [6.07, 6.45) is 0.641. The molecule has 19 heavy (non-hydrogen) atoms. The molecular weight excluding hydrogens is 252 g/mol. The van der Waals surface area contributed by atoms with Crippen LogP contribution < -0.4 is 0 Å². The summed E-state index contributed by atoms with van der Waals surface area (Å²) in [5.41, 5.74) is 0. The minimum Gasteiger partial charge on any atom is -0.480 e. The smallest absolute Gasteiger partial charge is 0.326 e. The van der Waals surface area contributed by atoms with E-state index >= 15 is 0 Å². The van der Waals surface area contributed by atoms with E-state index < -0.39 is 12.0 Å². The Morgan fingerprint density at radius 3 is 2.26 bits per heavy atom. The molecule has 0 saturated carbocycles. The molecule has 1 aliphatic heterocycles. The van der Waals surface area contributed by atoms with E-state index in [0.29, 0.717) is 6.42 Å². The zero-order valence-electron chi connectivity index (χ0n) is 11.1. The van der Waals surface area contributed by atoms with E-state index in [0.717, 1.165) is 9.80 Å². The second kappa shape index (κ2) is 6.31. The van der Waals surface area contributed by atoms with Gasteiger partial charge in [-0.1, -0.05) is 6.92 Å². The van der Waals surface area contributed by atoms with Crippen molar-refractivity contribution in [2.75, 3.05) is 13.6 Å². The van der Waals surface area contributed by atoms with Crippen LogP contribution >= 0.6 is 0 Å². The standard InChI is InChI=1S/C12H18N2O5/c1-3-8(12(18)19)13(2)9(15)6-7-14-10(16)4-5-11(14)17/h8H,3-7H2,1-2H3,(H,18,19). The molecule has 0 aliphatic carbocycles. The highest BCUT2D eigenvalue weighted by atomic mass is 16.4. The number of nitrogens with zero attached hydrogens (tertiary/aromatic N) is 2. The molecule has 0 aromatic carbocycles. The first-order valence-electron chi connectivity index (χ1n) is 6.20. The van der Waals surface area contributed by atoms with Gasteiger partial charge in [0.15, 0.2) is 0 Å². The fourth-order valence-electron chi connectivity index (χ4n) is 2.04. The average molecular weight is 270 g/mol. The van der Waals surface area contributed by atoms with Crippen LogP contribution in [0.5, 0.6) is 0 Å². The molecule has 1 heterocycles. The second-order valence-electron chi connectivity index (χ2n) is 4.46. The number of likely N-dealkylation sites (tertiary alicyclic amines) is 1. The van der Waals surface area contributed by atoms with Gasteiger partial charge < -0.3 is 10.0 Å². The molecule has 1 aliphatic rings. The summed E-state index contributed by atoms with van der Waals surface area (Å²) in [6.45, 7) is 1.70. The van der Waals surface area contributed by atoms with Crippen molar-refractivity contribution in [3.63, 3.8) is 0 Å². The Balaban J connectivity index is 2.53. The number of carboxylic acids is 1. The van der Waals surface area contributed by atoms with Crippen molar-refractivity contribution in [3.8, 4) is 0 Å². The van der Waals surface area contributed by atoms with Crippen molar-refractivity contribution < 1.29 is 24.3 Å². The van der Waals surface area contributed by atoms with Crippen LogP contribution in [-0.2, 0) is 19.2 Å². The summed E-state index contributed by atoms with van der Waals surface area (Å²) >= 11 is 0. The van der Waals surface area contributed by atoms with Gasteiger partial charge in [-0.3, -0.25) is 19.3 Å². The normalized spacial score (nSPS) is 16.6. The molecule has 1 atom stereocenters. The van der Waals surface area contributed by atoms with Crippen molar-refractivity contribution in [2.24, 2.45) is 0 Å². The minimum absolute atomic E-state index is 0.0247. The maximum Gasteiger partial charge on any atom is 0.326 e. The number of carbonyl (C=O) groups excluding carboxylic acids is 3. The van der Waals surface area contributed by atoms with Crippen LogP contribution in [0.25, 0.3) is 0 Å². The summed E-state index contributed by atoms with van der Waals surface area (Å²) in [4.78, 5) is 47.7. The van der Waals surface area contributed by atoms with Gasteiger partial charge in [-0.25, -0.2) is 4.79 Å². The van der Waals surface area contributed by atoms with Crippen LogP contribution in [0.4, 0.5) is 0 Å². The first-order valence-corrected chi connectivity index (χ1v) is 6.20. The second-order valence-corrected chi connectivity index (χ2v) is 4.46. The Bertz CT molecular complexity index is 391. The van der Waals surface area contributed by atoms with Crippen molar-refractivity contribution in [1.29, 1.82) is 0 Å². The molecule has 0 aromatic rings. The third-order valence-corrected chi connectivity index (χ3v) is 3.24. The summed E-state index contributed by atoms with van der Waals surface area (Å²) < 4.78 is 0. The summed E-state index contributed by atoms with van der Waals surface area (Å²) in [5, 5.41) is 8.94. The Morgan fingerprint density at radius 2 is 1.84 bits per heavy atom. The van der Waals surface area contributed by atoms with E-state index in [2.05, 4.69) is 0 Å². The highest BCUT2D eigenvalue weighted by Crippen LogP contribution is 2.13. The summed E-state index contributed by atoms with van der Waals surface area (Å²) in [6, 6.07) is -0.877. The highest BCUT2D eigenvalue weighted by Gasteiger charge is 2.30. The average Bonchev–Trinajstić information content (AvgIpc) is 2.66. The molecule has 106 valence electrons. The number of hydrogen-bond acceptors (Lipinski definition) is 4. The maximum absolute atomic E-state index is 11.8. The Labute approximate surface area is 111 Å². The van der Waals surface area contributed by atoms with Crippen LogP contribution in [0, 0.1) is 0 Å². The molecule has 0 aromatic heterocycles. The maximum atomic E-state index is 11.8. The lowest BCUT2D eigenvalue weighted by Crippen LogP contribution is -2.43. The number of amides is 3. The van der Waals surface area contributed by atoms with Gasteiger partial charge in [0.2, 0.25) is 17.7 Å². The third kappa shape index (κ3) is 3.52. The van der Waals surface area contributed by atoms with Gasteiger partial charge in [0.05, 0.1) is 0 Å². The number of imide groups is 1.